The molecule has 2 aromatic rings. The molecule has 0 amide bonds. The smallest absolute Gasteiger partial charge is 0.241 e. The van der Waals surface area contributed by atoms with Crippen LogP contribution >= 0.6 is 0 Å². The molecule has 0 saturated heterocycles. The average molecular weight is 302 g/mol. The number of nitrogen functional groups attached to an aromatic ring is 1. The van der Waals surface area contributed by atoms with Crippen molar-refractivity contribution in [2.45, 2.75) is 30.2 Å². The van der Waals surface area contributed by atoms with Crippen molar-refractivity contribution in [2.24, 2.45) is 0 Å². The molecular formula is C16H18N2O2S. The van der Waals surface area contributed by atoms with Gasteiger partial charge < -0.3 is 5.73 Å². The monoisotopic (exact) mass is 302 g/mol. The normalized spacial score (nSPS) is 18.2. The van der Waals surface area contributed by atoms with Crippen LogP contribution in [-0.4, -0.2) is 8.42 Å². The second kappa shape index (κ2) is 5.50. The molecule has 0 fully saturated rings. The lowest BCUT2D eigenvalue weighted by Gasteiger charge is -2.26. The SMILES string of the molecule is Nc1cccc(S(=O)(=O)N[C@H]2CCCc3ccccc32)c1. The fraction of sp³-hybridized carbons (Fsp3) is 0.250. The molecule has 1 aliphatic rings. The van der Waals surface area contributed by atoms with Gasteiger partial charge in [0.15, 0.2) is 0 Å². The number of anilines is 1. The summed E-state index contributed by atoms with van der Waals surface area (Å²) in [5.41, 5.74) is 8.42. The summed E-state index contributed by atoms with van der Waals surface area (Å²) in [6, 6.07) is 14.2. The van der Waals surface area contributed by atoms with E-state index in [1.54, 1.807) is 18.2 Å². The van der Waals surface area contributed by atoms with Crippen LogP contribution in [0.5, 0.6) is 0 Å². The van der Waals surface area contributed by atoms with E-state index in [1.807, 2.05) is 18.2 Å². The Bertz CT molecular complexity index is 756. The number of hydrogen-bond donors (Lipinski definition) is 2. The summed E-state index contributed by atoms with van der Waals surface area (Å²) < 4.78 is 27.8. The molecule has 110 valence electrons. The van der Waals surface area contributed by atoms with Crippen molar-refractivity contribution in [1.82, 2.24) is 4.72 Å². The Morgan fingerprint density at radius 3 is 2.71 bits per heavy atom. The van der Waals surface area contributed by atoms with Crippen molar-refractivity contribution in [1.29, 1.82) is 0 Å². The zero-order valence-corrected chi connectivity index (χ0v) is 12.4. The first-order chi connectivity index (χ1) is 10.1. The fourth-order valence-electron chi connectivity index (χ4n) is 2.81. The van der Waals surface area contributed by atoms with E-state index >= 15 is 0 Å². The van der Waals surface area contributed by atoms with Crippen molar-refractivity contribution >= 4 is 15.7 Å². The first-order valence-electron chi connectivity index (χ1n) is 7.02. The van der Waals surface area contributed by atoms with Crippen LogP contribution in [0.15, 0.2) is 53.4 Å². The summed E-state index contributed by atoms with van der Waals surface area (Å²) in [6.07, 6.45) is 2.81. The van der Waals surface area contributed by atoms with Crippen LogP contribution in [0, 0.1) is 0 Å². The molecule has 0 unspecified atom stereocenters. The van der Waals surface area contributed by atoms with Crippen LogP contribution in [0.25, 0.3) is 0 Å². The van der Waals surface area contributed by atoms with Gasteiger partial charge in [-0.3, -0.25) is 0 Å². The van der Waals surface area contributed by atoms with Crippen molar-refractivity contribution in [3.8, 4) is 0 Å². The van der Waals surface area contributed by atoms with Crippen LogP contribution < -0.4 is 10.5 Å². The second-order valence-corrected chi connectivity index (χ2v) is 7.05. The first kappa shape index (κ1) is 14.1. The summed E-state index contributed by atoms with van der Waals surface area (Å²) in [7, 11) is -3.56. The summed E-state index contributed by atoms with van der Waals surface area (Å²) >= 11 is 0. The number of nitrogens with two attached hydrogens (primary N) is 1. The number of benzene rings is 2. The van der Waals surface area contributed by atoms with E-state index < -0.39 is 10.0 Å². The van der Waals surface area contributed by atoms with Gasteiger partial charge >= 0.3 is 0 Å². The maximum absolute atomic E-state index is 12.5. The van der Waals surface area contributed by atoms with E-state index in [1.165, 1.54) is 11.6 Å². The van der Waals surface area contributed by atoms with Gasteiger partial charge in [-0.05, 0) is 48.6 Å². The molecular weight excluding hydrogens is 284 g/mol. The van der Waals surface area contributed by atoms with Crippen molar-refractivity contribution < 1.29 is 8.42 Å². The third-order valence-electron chi connectivity index (χ3n) is 3.84. The van der Waals surface area contributed by atoms with Crippen LogP contribution in [0.3, 0.4) is 0 Å². The first-order valence-corrected chi connectivity index (χ1v) is 8.50. The standard InChI is InChI=1S/C16H18N2O2S/c17-13-7-4-8-14(11-13)21(19,20)18-16-10-3-6-12-5-1-2-9-15(12)16/h1-2,4-5,7-9,11,16,18H,3,6,10,17H2/t16-/m0/s1. The van der Waals surface area contributed by atoms with Gasteiger partial charge in [0.05, 0.1) is 4.90 Å². The Morgan fingerprint density at radius 2 is 1.90 bits per heavy atom. The quantitative estimate of drug-likeness (QED) is 0.856. The van der Waals surface area contributed by atoms with E-state index in [0.717, 1.165) is 24.8 Å². The molecule has 0 radical (unpaired) electrons. The molecule has 5 heteroatoms. The summed E-state index contributed by atoms with van der Waals surface area (Å²) in [6.45, 7) is 0. The Kier molecular flexibility index (Phi) is 3.69. The van der Waals surface area contributed by atoms with E-state index in [2.05, 4.69) is 10.8 Å². The maximum Gasteiger partial charge on any atom is 0.241 e. The highest BCUT2D eigenvalue weighted by Crippen LogP contribution is 2.30. The molecule has 0 bridgehead atoms. The van der Waals surface area contributed by atoms with E-state index in [0.29, 0.717) is 5.69 Å². The lowest BCUT2D eigenvalue weighted by atomic mass is 9.88. The molecule has 0 saturated carbocycles. The number of sulfonamides is 1. The minimum Gasteiger partial charge on any atom is -0.399 e. The molecule has 3 N–H and O–H groups in total. The molecule has 21 heavy (non-hydrogen) atoms. The number of fused-ring (bicyclic) bond motifs is 1. The van der Waals surface area contributed by atoms with Gasteiger partial charge in [-0.1, -0.05) is 30.3 Å². The van der Waals surface area contributed by atoms with Crippen molar-refractivity contribution in [3.63, 3.8) is 0 Å². The van der Waals surface area contributed by atoms with Gasteiger partial charge in [0, 0.05) is 11.7 Å². The van der Waals surface area contributed by atoms with Crippen LogP contribution in [0.1, 0.15) is 30.0 Å². The molecule has 1 aliphatic carbocycles. The van der Waals surface area contributed by atoms with E-state index in [9.17, 15) is 8.42 Å². The highest BCUT2D eigenvalue weighted by molar-refractivity contribution is 7.89. The predicted octanol–water partition coefficient (Wildman–Crippen LogP) is 2.62. The predicted molar refractivity (Wildman–Crippen MR) is 83.3 cm³/mol. The number of hydrogen-bond acceptors (Lipinski definition) is 3. The van der Waals surface area contributed by atoms with E-state index in [-0.39, 0.29) is 10.9 Å². The molecule has 0 spiro atoms. The van der Waals surface area contributed by atoms with Crippen molar-refractivity contribution in [2.75, 3.05) is 5.73 Å². The third kappa shape index (κ3) is 2.94. The fourth-order valence-corrected chi connectivity index (χ4v) is 4.12. The molecule has 0 heterocycles. The molecule has 1 atom stereocenters. The van der Waals surface area contributed by atoms with Gasteiger partial charge in [0.1, 0.15) is 0 Å². The Balaban J connectivity index is 1.90. The summed E-state index contributed by atoms with van der Waals surface area (Å²) in [4.78, 5) is 0.213. The average Bonchev–Trinajstić information content (AvgIpc) is 2.47. The summed E-state index contributed by atoms with van der Waals surface area (Å²) in [5.74, 6) is 0. The lowest BCUT2D eigenvalue weighted by Crippen LogP contribution is -2.31. The topological polar surface area (TPSA) is 72.2 Å². The maximum atomic E-state index is 12.5. The number of aryl methyl sites for hydroxylation is 1. The third-order valence-corrected chi connectivity index (χ3v) is 5.30. The molecule has 2 aromatic carbocycles. The van der Waals surface area contributed by atoms with Crippen molar-refractivity contribution in [3.05, 3.63) is 59.7 Å². The van der Waals surface area contributed by atoms with Gasteiger partial charge in [0.25, 0.3) is 0 Å². The van der Waals surface area contributed by atoms with Gasteiger partial charge in [-0.15, -0.1) is 0 Å². The Morgan fingerprint density at radius 1 is 1.10 bits per heavy atom. The van der Waals surface area contributed by atoms with Crippen LogP contribution in [-0.2, 0) is 16.4 Å². The Hall–Kier alpha value is -1.85. The molecule has 4 nitrogen and oxygen atoms in total. The second-order valence-electron chi connectivity index (χ2n) is 5.34. The molecule has 3 rings (SSSR count). The van der Waals surface area contributed by atoms with Gasteiger partial charge in [-0.25, -0.2) is 13.1 Å². The highest BCUT2D eigenvalue weighted by Gasteiger charge is 2.25. The zero-order valence-electron chi connectivity index (χ0n) is 11.6. The van der Waals surface area contributed by atoms with Gasteiger partial charge in [-0.2, -0.15) is 0 Å². The van der Waals surface area contributed by atoms with Gasteiger partial charge in [0.2, 0.25) is 10.0 Å². The highest BCUT2D eigenvalue weighted by atomic mass is 32.2. The molecule has 0 aromatic heterocycles. The van der Waals surface area contributed by atoms with E-state index in [4.69, 9.17) is 5.73 Å². The number of rotatable bonds is 3. The largest absolute Gasteiger partial charge is 0.399 e. The minimum atomic E-state index is -3.56. The van der Waals surface area contributed by atoms with Crippen LogP contribution in [0.4, 0.5) is 5.69 Å². The Labute approximate surface area is 125 Å². The molecule has 0 aliphatic heterocycles. The zero-order chi connectivity index (χ0) is 14.9. The van der Waals surface area contributed by atoms with Crippen LogP contribution in [0.2, 0.25) is 0 Å². The number of nitrogens with one attached hydrogen (secondary N) is 1. The lowest BCUT2D eigenvalue weighted by molar-refractivity contribution is 0.507. The summed E-state index contributed by atoms with van der Waals surface area (Å²) in [5, 5.41) is 0. The minimum absolute atomic E-state index is 0.165.